The molecule has 0 spiro atoms. The van der Waals surface area contributed by atoms with Gasteiger partial charge in [-0.3, -0.25) is 0 Å². The maximum Gasteiger partial charge on any atom is 0.119 e. The Bertz CT molecular complexity index is 744. The highest BCUT2D eigenvalue weighted by Crippen LogP contribution is 2.19. The number of imidazole rings is 1. The number of aromatic nitrogens is 2. The lowest BCUT2D eigenvalue weighted by Crippen LogP contribution is -2.04. The minimum atomic E-state index is 0.769. The average Bonchev–Trinajstić information content (AvgIpc) is 2.92. The van der Waals surface area contributed by atoms with Crippen LogP contribution in [0.5, 0.6) is 5.75 Å². The molecule has 0 fully saturated rings. The summed E-state index contributed by atoms with van der Waals surface area (Å²) >= 11 is 0. The van der Waals surface area contributed by atoms with E-state index in [-0.39, 0.29) is 0 Å². The largest absolute Gasteiger partial charge is 0.494 e. The van der Waals surface area contributed by atoms with E-state index in [4.69, 9.17) is 9.72 Å². The molecule has 0 aliphatic rings. The first-order chi connectivity index (χ1) is 10.8. The first-order valence-electron chi connectivity index (χ1n) is 7.97. The maximum atomic E-state index is 5.64. The van der Waals surface area contributed by atoms with Crippen LogP contribution in [-0.4, -0.2) is 16.2 Å². The molecule has 114 valence electrons. The van der Waals surface area contributed by atoms with Gasteiger partial charge in [0.2, 0.25) is 0 Å². The lowest BCUT2D eigenvalue weighted by Gasteiger charge is -2.10. The van der Waals surface area contributed by atoms with Crippen LogP contribution in [0, 0.1) is 0 Å². The van der Waals surface area contributed by atoms with Gasteiger partial charge in [-0.25, -0.2) is 4.98 Å². The third-order valence-corrected chi connectivity index (χ3v) is 3.79. The van der Waals surface area contributed by atoms with Crippen LogP contribution in [0.2, 0.25) is 0 Å². The fourth-order valence-electron chi connectivity index (χ4n) is 2.67. The predicted molar refractivity (Wildman–Crippen MR) is 90.4 cm³/mol. The number of hydrogen-bond donors (Lipinski definition) is 0. The summed E-state index contributed by atoms with van der Waals surface area (Å²) in [5.74, 6) is 2.07. The molecule has 3 heteroatoms. The molecule has 22 heavy (non-hydrogen) atoms. The molecule has 0 amide bonds. The molecular formula is C19H22N2O. The van der Waals surface area contributed by atoms with E-state index in [0.717, 1.165) is 43.1 Å². The van der Waals surface area contributed by atoms with E-state index in [9.17, 15) is 0 Å². The Hall–Kier alpha value is -2.29. The van der Waals surface area contributed by atoms with Crippen molar-refractivity contribution in [2.75, 3.05) is 6.61 Å². The number of aryl methyl sites for hydroxylation is 1. The van der Waals surface area contributed by atoms with Gasteiger partial charge in [0.05, 0.1) is 17.6 Å². The zero-order valence-electron chi connectivity index (χ0n) is 13.2. The summed E-state index contributed by atoms with van der Waals surface area (Å²) in [4.78, 5) is 4.72. The van der Waals surface area contributed by atoms with Crippen molar-refractivity contribution in [1.29, 1.82) is 0 Å². The van der Waals surface area contributed by atoms with Crippen LogP contribution in [0.1, 0.15) is 31.7 Å². The van der Waals surface area contributed by atoms with E-state index < -0.39 is 0 Å². The number of fused-ring (bicyclic) bond motifs is 1. The summed E-state index contributed by atoms with van der Waals surface area (Å²) in [6.45, 7) is 5.88. The molecule has 0 aliphatic heterocycles. The number of hydrogen-bond acceptors (Lipinski definition) is 2. The third-order valence-electron chi connectivity index (χ3n) is 3.79. The summed E-state index contributed by atoms with van der Waals surface area (Å²) in [5.41, 5.74) is 3.54. The zero-order chi connectivity index (χ0) is 15.4. The maximum absolute atomic E-state index is 5.64. The van der Waals surface area contributed by atoms with E-state index in [1.165, 1.54) is 11.1 Å². The van der Waals surface area contributed by atoms with Crippen molar-refractivity contribution >= 4 is 11.0 Å². The predicted octanol–water partition coefficient (Wildman–Crippen LogP) is 4.44. The minimum absolute atomic E-state index is 0.769. The summed E-state index contributed by atoms with van der Waals surface area (Å²) in [6, 6.07) is 16.7. The van der Waals surface area contributed by atoms with Crippen molar-refractivity contribution in [3.05, 3.63) is 59.9 Å². The molecule has 0 aliphatic carbocycles. The van der Waals surface area contributed by atoms with E-state index in [1.807, 2.05) is 6.07 Å². The van der Waals surface area contributed by atoms with Crippen molar-refractivity contribution < 1.29 is 4.74 Å². The monoisotopic (exact) mass is 294 g/mol. The first-order valence-corrected chi connectivity index (χ1v) is 7.97. The Balaban J connectivity index is 1.86. The van der Waals surface area contributed by atoms with Crippen LogP contribution in [0.25, 0.3) is 11.0 Å². The summed E-state index contributed by atoms with van der Waals surface area (Å²) in [5, 5.41) is 0. The van der Waals surface area contributed by atoms with E-state index in [1.54, 1.807) is 0 Å². The number of ether oxygens (including phenoxy) is 1. The molecule has 0 unspecified atom stereocenters. The molecule has 2 aromatic carbocycles. The second kappa shape index (κ2) is 6.65. The highest BCUT2D eigenvalue weighted by Gasteiger charge is 2.09. The standard InChI is InChI=1S/C19H22N2O/c1-3-13-22-16-11-9-15(10-12-16)14-21-18-8-6-5-7-17(18)20-19(21)4-2/h5-12H,3-4,13-14H2,1-2H3. The fraction of sp³-hybridized carbons (Fsp3) is 0.316. The van der Waals surface area contributed by atoms with Gasteiger partial charge in [0, 0.05) is 13.0 Å². The van der Waals surface area contributed by atoms with Crippen molar-refractivity contribution in [2.24, 2.45) is 0 Å². The Labute approximate surface area is 131 Å². The van der Waals surface area contributed by atoms with Crippen LogP contribution in [0.3, 0.4) is 0 Å². The third kappa shape index (κ3) is 2.98. The molecule has 0 atom stereocenters. The zero-order valence-corrected chi connectivity index (χ0v) is 13.2. The highest BCUT2D eigenvalue weighted by atomic mass is 16.5. The number of nitrogens with zero attached hydrogens (tertiary/aromatic N) is 2. The Morgan fingerprint density at radius 2 is 1.77 bits per heavy atom. The van der Waals surface area contributed by atoms with Crippen molar-refractivity contribution in [3.63, 3.8) is 0 Å². The quantitative estimate of drug-likeness (QED) is 0.672. The average molecular weight is 294 g/mol. The lowest BCUT2D eigenvalue weighted by atomic mass is 10.2. The summed E-state index contributed by atoms with van der Waals surface area (Å²) in [6.07, 6.45) is 1.97. The van der Waals surface area contributed by atoms with Gasteiger partial charge in [0.1, 0.15) is 11.6 Å². The van der Waals surface area contributed by atoms with Crippen LogP contribution in [0.15, 0.2) is 48.5 Å². The minimum Gasteiger partial charge on any atom is -0.494 e. The second-order valence-electron chi connectivity index (χ2n) is 5.45. The van der Waals surface area contributed by atoms with E-state index >= 15 is 0 Å². The van der Waals surface area contributed by atoms with Gasteiger partial charge in [0.15, 0.2) is 0 Å². The van der Waals surface area contributed by atoms with Crippen LogP contribution < -0.4 is 4.74 Å². The molecule has 0 radical (unpaired) electrons. The number of rotatable bonds is 6. The van der Waals surface area contributed by atoms with Gasteiger partial charge >= 0.3 is 0 Å². The molecule has 3 rings (SSSR count). The number of para-hydroxylation sites is 2. The molecule has 0 N–H and O–H groups in total. The first kappa shape index (κ1) is 14.6. The molecule has 0 bridgehead atoms. The SMILES string of the molecule is CCCOc1ccc(Cn2c(CC)nc3ccccc32)cc1. The summed E-state index contributed by atoms with van der Waals surface area (Å²) in [7, 11) is 0. The van der Waals surface area contributed by atoms with Gasteiger partial charge in [-0.1, -0.05) is 38.1 Å². The fourth-order valence-corrected chi connectivity index (χ4v) is 2.67. The van der Waals surface area contributed by atoms with Gasteiger partial charge in [-0.2, -0.15) is 0 Å². The Morgan fingerprint density at radius 3 is 2.50 bits per heavy atom. The van der Waals surface area contributed by atoms with Gasteiger partial charge in [-0.15, -0.1) is 0 Å². The van der Waals surface area contributed by atoms with E-state index in [0.29, 0.717) is 0 Å². The van der Waals surface area contributed by atoms with Crippen molar-refractivity contribution in [1.82, 2.24) is 9.55 Å². The molecular weight excluding hydrogens is 272 g/mol. The van der Waals surface area contributed by atoms with E-state index in [2.05, 4.69) is 60.9 Å². The topological polar surface area (TPSA) is 27.1 Å². The van der Waals surface area contributed by atoms with Crippen molar-refractivity contribution in [3.8, 4) is 5.75 Å². The van der Waals surface area contributed by atoms with Crippen LogP contribution in [0.4, 0.5) is 0 Å². The van der Waals surface area contributed by atoms with Crippen LogP contribution >= 0.6 is 0 Å². The van der Waals surface area contributed by atoms with Crippen LogP contribution in [-0.2, 0) is 13.0 Å². The molecule has 0 saturated heterocycles. The smallest absolute Gasteiger partial charge is 0.119 e. The molecule has 1 heterocycles. The van der Waals surface area contributed by atoms with Gasteiger partial charge in [0.25, 0.3) is 0 Å². The van der Waals surface area contributed by atoms with Crippen molar-refractivity contribution in [2.45, 2.75) is 33.2 Å². The molecule has 3 aromatic rings. The normalized spacial score (nSPS) is 11.0. The molecule has 3 nitrogen and oxygen atoms in total. The highest BCUT2D eigenvalue weighted by molar-refractivity contribution is 5.76. The molecule has 0 saturated carbocycles. The second-order valence-corrected chi connectivity index (χ2v) is 5.45. The Kier molecular flexibility index (Phi) is 4.42. The number of benzene rings is 2. The Morgan fingerprint density at radius 1 is 1.00 bits per heavy atom. The van der Waals surface area contributed by atoms with Gasteiger partial charge < -0.3 is 9.30 Å². The summed E-state index contributed by atoms with van der Waals surface area (Å²) < 4.78 is 7.94. The van der Waals surface area contributed by atoms with Gasteiger partial charge in [-0.05, 0) is 36.2 Å². The molecule has 1 aromatic heterocycles. The lowest BCUT2D eigenvalue weighted by molar-refractivity contribution is 0.317.